The predicted octanol–water partition coefficient (Wildman–Crippen LogP) is 2.68. The van der Waals surface area contributed by atoms with E-state index >= 15 is 0 Å². The number of rotatable bonds is 8. The van der Waals surface area contributed by atoms with Gasteiger partial charge in [-0.15, -0.1) is 0 Å². The molecule has 3 nitrogen and oxygen atoms in total. The van der Waals surface area contributed by atoms with E-state index in [4.69, 9.17) is 0 Å². The Morgan fingerprint density at radius 2 is 1.68 bits per heavy atom. The standard InChI is InChI=1S/C16H25NO2/c1-4-5-14-6-8-15(9-7-14)10-12-17(2)13-11-16(18)19-3/h6-9H,4-5,10-13H2,1-3H3. The molecule has 0 N–H and O–H groups in total. The van der Waals surface area contributed by atoms with Gasteiger partial charge in [0.2, 0.25) is 0 Å². The fourth-order valence-corrected chi connectivity index (χ4v) is 1.98. The van der Waals surface area contributed by atoms with Crippen LogP contribution in [0.25, 0.3) is 0 Å². The largest absolute Gasteiger partial charge is 0.469 e. The fraction of sp³-hybridized carbons (Fsp3) is 0.562. The van der Waals surface area contributed by atoms with E-state index in [9.17, 15) is 4.79 Å². The number of hydrogen-bond donors (Lipinski definition) is 0. The van der Waals surface area contributed by atoms with Gasteiger partial charge in [0, 0.05) is 13.1 Å². The van der Waals surface area contributed by atoms with Crippen LogP contribution in [-0.2, 0) is 22.4 Å². The summed E-state index contributed by atoms with van der Waals surface area (Å²) in [5, 5.41) is 0. The first-order valence-corrected chi connectivity index (χ1v) is 6.99. The molecule has 0 unspecified atom stereocenters. The van der Waals surface area contributed by atoms with E-state index in [-0.39, 0.29) is 5.97 Å². The maximum absolute atomic E-state index is 11.0. The number of nitrogens with zero attached hydrogens (tertiary/aromatic N) is 1. The third-order valence-corrected chi connectivity index (χ3v) is 3.27. The Kier molecular flexibility index (Phi) is 7.19. The Bertz CT molecular complexity index is 373. The molecule has 0 spiro atoms. The molecule has 0 aliphatic heterocycles. The summed E-state index contributed by atoms with van der Waals surface area (Å²) < 4.78 is 4.63. The van der Waals surface area contributed by atoms with E-state index in [1.54, 1.807) is 0 Å². The summed E-state index contributed by atoms with van der Waals surface area (Å²) in [5.41, 5.74) is 2.76. The highest BCUT2D eigenvalue weighted by atomic mass is 16.5. The molecule has 0 amide bonds. The van der Waals surface area contributed by atoms with E-state index in [0.29, 0.717) is 6.42 Å². The van der Waals surface area contributed by atoms with Gasteiger partial charge in [0.25, 0.3) is 0 Å². The highest BCUT2D eigenvalue weighted by Gasteiger charge is 2.04. The number of benzene rings is 1. The molecular formula is C16H25NO2. The van der Waals surface area contributed by atoms with Crippen molar-refractivity contribution in [1.29, 1.82) is 0 Å². The van der Waals surface area contributed by atoms with E-state index in [1.807, 2.05) is 7.05 Å². The molecule has 106 valence electrons. The van der Waals surface area contributed by atoms with E-state index in [0.717, 1.165) is 25.9 Å². The third-order valence-electron chi connectivity index (χ3n) is 3.27. The Labute approximate surface area is 116 Å². The first-order chi connectivity index (χ1) is 9.15. The van der Waals surface area contributed by atoms with Crippen molar-refractivity contribution < 1.29 is 9.53 Å². The molecule has 0 aliphatic carbocycles. The molecule has 0 radical (unpaired) electrons. The van der Waals surface area contributed by atoms with Gasteiger partial charge in [0.05, 0.1) is 13.5 Å². The smallest absolute Gasteiger partial charge is 0.306 e. The second-order valence-electron chi connectivity index (χ2n) is 4.95. The lowest BCUT2D eigenvalue weighted by molar-refractivity contribution is -0.140. The van der Waals surface area contributed by atoms with Gasteiger partial charge in [0.1, 0.15) is 0 Å². The van der Waals surface area contributed by atoms with Crippen LogP contribution in [0.1, 0.15) is 30.9 Å². The molecule has 1 aromatic carbocycles. The lowest BCUT2D eigenvalue weighted by atomic mass is 10.1. The lowest BCUT2D eigenvalue weighted by Gasteiger charge is -2.15. The topological polar surface area (TPSA) is 29.5 Å². The van der Waals surface area contributed by atoms with Crippen LogP contribution >= 0.6 is 0 Å². The summed E-state index contributed by atoms with van der Waals surface area (Å²) >= 11 is 0. The molecule has 1 rings (SSSR count). The molecular weight excluding hydrogens is 238 g/mol. The van der Waals surface area contributed by atoms with Crippen molar-refractivity contribution in [3.8, 4) is 0 Å². The minimum absolute atomic E-state index is 0.143. The monoisotopic (exact) mass is 263 g/mol. The number of aryl methyl sites for hydroxylation is 1. The van der Waals surface area contributed by atoms with Crippen molar-refractivity contribution in [3.63, 3.8) is 0 Å². The van der Waals surface area contributed by atoms with Crippen LogP contribution in [0.3, 0.4) is 0 Å². The molecule has 0 aromatic heterocycles. The van der Waals surface area contributed by atoms with Crippen molar-refractivity contribution >= 4 is 5.97 Å². The van der Waals surface area contributed by atoms with Crippen molar-refractivity contribution in [2.75, 3.05) is 27.2 Å². The predicted molar refractivity (Wildman–Crippen MR) is 78.3 cm³/mol. The zero-order valence-corrected chi connectivity index (χ0v) is 12.3. The summed E-state index contributed by atoms with van der Waals surface area (Å²) in [6, 6.07) is 8.85. The molecule has 19 heavy (non-hydrogen) atoms. The first kappa shape index (κ1) is 15.7. The number of methoxy groups -OCH3 is 1. The Balaban J connectivity index is 2.29. The van der Waals surface area contributed by atoms with Gasteiger partial charge in [-0.25, -0.2) is 0 Å². The molecule has 0 saturated carbocycles. The van der Waals surface area contributed by atoms with Crippen molar-refractivity contribution in [1.82, 2.24) is 4.90 Å². The molecule has 0 heterocycles. The zero-order valence-electron chi connectivity index (χ0n) is 12.3. The first-order valence-electron chi connectivity index (χ1n) is 6.99. The van der Waals surface area contributed by atoms with Crippen LogP contribution in [0.2, 0.25) is 0 Å². The highest BCUT2D eigenvalue weighted by molar-refractivity contribution is 5.69. The van der Waals surface area contributed by atoms with Crippen molar-refractivity contribution in [2.45, 2.75) is 32.6 Å². The van der Waals surface area contributed by atoms with Crippen molar-refractivity contribution in [2.24, 2.45) is 0 Å². The normalized spacial score (nSPS) is 10.7. The van der Waals surface area contributed by atoms with E-state index < -0.39 is 0 Å². The number of ether oxygens (including phenoxy) is 1. The number of esters is 1. The van der Waals surface area contributed by atoms with Crippen LogP contribution in [0.5, 0.6) is 0 Å². The number of likely N-dealkylation sites (N-methyl/N-ethyl adjacent to an activating group) is 1. The zero-order chi connectivity index (χ0) is 14.1. The highest BCUT2D eigenvalue weighted by Crippen LogP contribution is 2.07. The molecule has 3 heteroatoms. The Morgan fingerprint density at radius 1 is 1.11 bits per heavy atom. The summed E-state index contributed by atoms with van der Waals surface area (Å²) in [7, 11) is 3.47. The average molecular weight is 263 g/mol. The molecule has 0 fully saturated rings. The van der Waals surface area contributed by atoms with E-state index in [1.165, 1.54) is 24.7 Å². The number of carbonyl (C=O) groups is 1. The third kappa shape index (κ3) is 6.39. The number of hydrogen-bond acceptors (Lipinski definition) is 3. The van der Waals surface area contributed by atoms with Crippen LogP contribution in [0.4, 0.5) is 0 Å². The second kappa shape index (κ2) is 8.70. The maximum Gasteiger partial charge on any atom is 0.306 e. The summed E-state index contributed by atoms with van der Waals surface area (Å²) in [4.78, 5) is 13.2. The van der Waals surface area contributed by atoms with Crippen LogP contribution < -0.4 is 0 Å². The van der Waals surface area contributed by atoms with Crippen LogP contribution in [0.15, 0.2) is 24.3 Å². The molecule has 0 saturated heterocycles. The SMILES string of the molecule is CCCc1ccc(CCN(C)CCC(=O)OC)cc1. The fourth-order valence-electron chi connectivity index (χ4n) is 1.98. The van der Waals surface area contributed by atoms with Gasteiger partial charge in [-0.2, -0.15) is 0 Å². The Hall–Kier alpha value is -1.35. The average Bonchev–Trinajstić information content (AvgIpc) is 2.44. The molecule has 1 aromatic rings. The summed E-state index contributed by atoms with van der Waals surface area (Å²) in [6.45, 7) is 3.91. The molecule has 0 bridgehead atoms. The van der Waals surface area contributed by atoms with Gasteiger partial charge in [0.15, 0.2) is 0 Å². The van der Waals surface area contributed by atoms with Crippen molar-refractivity contribution in [3.05, 3.63) is 35.4 Å². The summed E-state index contributed by atoms with van der Waals surface area (Å²) in [5.74, 6) is -0.143. The van der Waals surface area contributed by atoms with E-state index in [2.05, 4.69) is 40.8 Å². The maximum atomic E-state index is 11.0. The van der Waals surface area contributed by atoms with Gasteiger partial charge < -0.3 is 9.64 Å². The minimum Gasteiger partial charge on any atom is -0.469 e. The molecule has 0 atom stereocenters. The molecule has 0 aliphatic rings. The quantitative estimate of drug-likeness (QED) is 0.675. The lowest BCUT2D eigenvalue weighted by Crippen LogP contribution is -2.24. The van der Waals surface area contributed by atoms with Gasteiger partial charge in [-0.1, -0.05) is 37.6 Å². The minimum atomic E-state index is -0.143. The number of carbonyl (C=O) groups excluding carboxylic acids is 1. The van der Waals surface area contributed by atoms with Crippen LogP contribution in [0, 0.1) is 0 Å². The van der Waals surface area contributed by atoms with Gasteiger partial charge in [-0.05, 0) is 31.0 Å². The second-order valence-corrected chi connectivity index (χ2v) is 4.95. The van der Waals surface area contributed by atoms with Gasteiger partial charge >= 0.3 is 5.97 Å². The van der Waals surface area contributed by atoms with Crippen LogP contribution in [-0.4, -0.2) is 38.1 Å². The Morgan fingerprint density at radius 3 is 2.21 bits per heavy atom. The van der Waals surface area contributed by atoms with Gasteiger partial charge in [-0.3, -0.25) is 4.79 Å². The summed E-state index contributed by atoms with van der Waals surface area (Å²) in [6.07, 6.45) is 3.82.